The summed E-state index contributed by atoms with van der Waals surface area (Å²) >= 11 is 0. The Labute approximate surface area is 159 Å². The van der Waals surface area contributed by atoms with Crippen LogP contribution >= 0.6 is 0 Å². The first-order chi connectivity index (χ1) is 13.1. The second-order valence-corrected chi connectivity index (χ2v) is 6.08. The molecule has 3 aromatic carbocycles. The van der Waals surface area contributed by atoms with E-state index < -0.39 is 0 Å². The third-order valence-electron chi connectivity index (χ3n) is 4.57. The minimum absolute atomic E-state index is 0.670. The lowest BCUT2D eigenvalue weighted by molar-refractivity contribution is 0.400. The highest BCUT2D eigenvalue weighted by molar-refractivity contribution is 6.04. The van der Waals surface area contributed by atoms with Crippen molar-refractivity contribution >= 4 is 10.8 Å². The van der Waals surface area contributed by atoms with Crippen LogP contribution in [-0.4, -0.2) is 28.4 Å². The van der Waals surface area contributed by atoms with Crippen molar-refractivity contribution < 1.29 is 18.9 Å². The van der Waals surface area contributed by atoms with Crippen molar-refractivity contribution in [1.82, 2.24) is 0 Å². The van der Waals surface area contributed by atoms with Crippen LogP contribution in [0.15, 0.2) is 36.4 Å². The average Bonchev–Trinajstić information content (AvgIpc) is 2.71. The molecule has 0 saturated heterocycles. The van der Waals surface area contributed by atoms with Crippen LogP contribution in [0.3, 0.4) is 0 Å². The Morgan fingerprint density at radius 1 is 0.815 bits per heavy atom. The maximum atomic E-state index is 5.81. The van der Waals surface area contributed by atoms with E-state index in [-0.39, 0.29) is 0 Å². The molecule has 0 radical (unpaired) electrons. The lowest BCUT2D eigenvalue weighted by atomic mass is 9.93. The zero-order valence-electron chi connectivity index (χ0n) is 16.2. The van der Waals surface area contributed by atoms with Gasteiger partial charge in [-0.3, -0.25) is 0 Å². The highest BCUT2D eigenvalue weighted by Gasteiger charge is 2.22. The predicted molar refractivity (Wildman–Crippen MR) is 108 cm³/mol. The standard InChI is InChI=1S/C23H22O4/c1-7-15-11-14(2)12-19(25-4)21(15)17-13-20(26-5)22-16(23(17)27-6)9-8-10-18(22)24-3/h1,8-13H,2-6H3. The number of rotatable bonds is 5. The Hall–Kier alpha value is -3.32. The fraction of sp³-hybridized carbons (Fsp3) is 0.217. The van der Waals surface area contributed by atoms with Crippen LogP contribution in [0.5, 0.6) is 23.0 Å². The predicted octanol–water partition coefficient (Wildman–Crippen LogP) is 4.83. The fourth-order valence-electron chi connectivity index (χ4n) is 3.43. The van der Waals surface area contributed by atoms with Crippen LogP contribution in [0.25, 0.3) is 21.9 Å². The number of methoxy groups -OCH3 is 4. The van der Waals surface area contributed by atoms with Crippen LogP contribution in [0.2, 0.25) is 0 Å². The monoisotopic (exact) mass is 362 g/mol. The summed E-state index contributed by atoms with van der Waals surface area (Å²) in [6, 6.07) is 11.6. The van der Waals surface area contributed by atoms with E-state index >= 15 is 0 Å². The maximum absolute atomic E-state index is 5.81. The number of terminal acetylenes is 1. The number of hydrogen-bond acceptors (Lipinski definition) is 4. The smallest absolute Gasteiger partial charge is 0.135 e. The molecule has 0 unspecified atom stereocenters. The van der Waals surface area contributed by atoms with Gasteiger partial charge in [0.25, 0.3) is 0 Å². The van der Waals surface area contributed by atoms with Crippen molar-refractivity contribution in [3.05, 3.63) is 47.5 Å². The molecule has 0 amide bonds. The van der Waals surface area contributed by atoms with E-state index in [1.54, 1.807) is 28.4 Å². The molecule has 0 N–H and O–H groups in total. The fourth-order valence-corrected chi connectivity index (χ4v) is 3.43. The van der Waals surface area contributed by atoms with E-state index in [0.29, 0.717) is 23.0 Å². The summed E-state index contributed by atoms with van der Waals surface area (Å²) in [5, 5.41) is 1.72. The maximum Gasteiger partial charge on any atom is 0.135 e. The molecular formula is C23H22O4. The summed E-state index contributed by atoms with van der Waals surface area (Å²) in [5.41, 5.74) is 3.36. The van der Waals surface area contributed by atoms with Gasteiger partial charge in [0.15, 0.2) is 0 Å². The molecule has 4 nitrogen and oxygen atoms in total. The number of hydrogen-bond donors (Lipinski definition) is 0. The molecule has 0 saturated carbocycles. The third-order valence-corrected chi connectivity index (χ3v) is 4.57. The van der Waals surface area contributed by atoms with Crippen LogP contribution in [0, 0.1) is 19.3 Å². The molecule has 0 fully saturated rings. The normalized spacial score (nSPS) is 10.4. The van der Waals surface area contributed by atoms with Gasteiger partial charge < -0.3 is 18.9 Å². The van der Waals surface area contributed by atoms with Crippen LogP contribution in [0.4, 0.5) is 0 Å². The molecule has 0 atom stereocenters. The molecule has 0 aromatic heterocycles. The van der Waals surface area contributed by atoms with Crippen molar-refractivity contribution in [2.24, 2.45) is 0 Å². The third kappa shape index (κ3) is 3.02. The summed E-state index contributed by atoms with van der Waals surface area (Å²) in [6.07, 6.45) is 5.80. The molecule has 0 aliphatic rings. The average molecular weight is 362 g/mol. The Bertz CT molecular complexity index is 1040. The van der Waals surface area contributed by atoms with E-state index in [9.17, 15) is 0 Å². The van der Waals surface area contributed by atoms with E-state index in [1.165, 1.54) is 0 Å². The Kier molecular flexibility index (Phi) is 5.14. The summed E-state index contributed by atoms with van der Waals surface area (Å²) in [4.78, 5) is 0. The van der Waals surface area contributed by atoms with Gasteiger partial charge in [-0.1, -0.05) is 18.1 Å². The van der Waals surface area contributed by atoms with Crippen LogP contribution in [0.1, 0.15) is 11.1 Å². The van der Waals surface area contributed by atoms with E-state index in [4.69, 9.17) is 25.4 Å². The van der Waals surface area contributed by atoms with Crippen molar-refractivity contribution in [2.45, 2.75) is 6.92 Å². The molecule has 0 heterocycles. The van der Waals surface area contributed by atoms with Gasteiger partial charge >= 0.3 is 0 Å². The lowest BCUT2D eigenvalue weighted by Gasteiger charge is -2.19. The first-order valence-electron chi connectivity index (χ1n) is 8.46. The Morgan fingerprint density at radius 3 is 2.11 bits per heavy atom. The molecule has 0 aliphatic heterocycles. The summed E-state index contributed by atoms with van der Waals surface area (Å²) < 4.78 is 22.6. The highest BCUT2D eigenvalue weighted by atomic mass is 16.5. The van der Waals surface area contributed by atoms with Crippen molar-refractivity contribution in [1.29, 1.82) is 0 Å². The molecule has 138 valence electrons. The second-order valence-electron chi connectivity index (χ2n) is 6.08. The van der Waals surface area contributed by atoms with Crippen molar-refractivity contribution in [3.8, 4) is 46.5 Å². The van der Waals surface area contributed by atoms with Crippen molar-refractivity contribution in [3.63, 3.8) is 0 Å². The molecule has 4 heteroatoms. The molecular weight excluding hydrogens is 340 g/mol. The van der Waals surface area contributed by atoms with Crippen molar-refractivity contribution in [2.75, 3.05) is 28.4 Å². The van der Waals surface area contributed by atoms with Gasteiger partial charge in [0.05, 0.1) is 33.8 Å². The lowest BCUT2D eigenvalue weighted by Crippen LogP contribution is -1.99. The van der Waals surface area contributed by atoms with E-state index in [0.717, 1.165) is 33.0 Å². The SMILES string of the molecule is C#Cc1cc(C)cc(OC)c1-c1cc(OC)c2c(OC)cccc2c1OC. The van der Waals surface area contributed by atoms with Gasteiger partial charge in [0.1, 0.15) is 23.0 Å². The minimum atomic E-state index is 0.670. The molecule has 0 spiro atoms. The van der Waals surface area contributed by atoms with Gasteiger partial charge in [-0.05, 0) is 36.8 Å². The summed E-state index contributed by atoms with van der Waals surface area (Å²) in [7, 11) is 6.53. The van der Waals surface area contributed by atoms with Gasteiger partial charge in [0.2, 0.25) is 0 Å². The molecule has 0 aliphatic carbocycles. The van der Waals surface area contributed by atoms with Gasteiger partial charge in [0, 0.05) is 22.1 Å². The van der Waals surface area contributed by atoms with Gasteiger partial charge in [-0.2, -0.15) is 0 Å². The zero-order valence-corrected chi connectivity index (χ0v) is 16.2. The molecule has 27 heavy (non-hydrogen) atoms. The number of benzene rings is 3. The van der Waals surface area contributed by atoms with Gasteiger partial charge in [-0.15, -0.1) is 6.42 Å². The van der Waals surface area contributed by atoms with E-state index in [1.807, 2.05) is 43.3 Å². The first kappa shape index (κ1) is 18.5. The first-order valence-corrected chi connectivity index (χ1v) is 8.46. The summed E-state index contributed by atoms with van der Waals surface area (Å²) in [5.74, 6) is 5.52. The largest absolute Gasteiger partial charge is 0.496 e. The van der Waals surface area contributed by atoms with Crippen LogP contribution in [-0.2, 0) is 0 Å². The molecule has 3 rings (SSSR count). The molecule has 0 bridgehead atoms. The second kappa shape index (κ2) is 7.51. The Morgan fingerprint density at radius 2 is 1.52 bits per heavy atom. The molecule has 3 aromatic rings. The highest BCUT2D eigenvalue weighted by Crippen LogP contribution is 2.48. The zero-order chi connectivity index (χ0) is 19.6. The Balaban J connectivity index is 2.50. The van der Waals surface area contributed by atoms with Gasteiger partial charge in [-0.25, -0.2) is 0 Å². The van der Waals surface area contributed by atoms with Crippen LogP contribution < -0.4 is 18.9 Å². The topological polar surface area (TPSA) is 36.9 Å². The number of ether oxygens (including phenoxy) is 4. The van der Waals surface area contributed by atoms with E-state index in [2.05, 4.69) is 5.92 Å². The number of fused-ring (bicyclic) bond motifs is 1. The minimum Gasteiger partial charge on any atom is -0.496 e. The summed E-state index contributed by atoms with van der Waals surface area (Å²) in [6.45, 7) is 1.98. The quantitative estimate of drug-likeness (QED) is 0.609. The number of aryl methyl sites for hydroxylation is 1.